The van der Waals surface area contributed by atoms with Gasteiger partial charge in [-0.15, -0.1) is 0 Å². The van der Waals surface area contributed by atoms with Gasteiger partial charge in [0.15, 0.2) is 0 Å². The molecule has 0 radical (unpaired) electrons. The zero-order valence-electron chi connectivity index (χ0n) is 9.52. The lowest BCUT2D eigenvalue weighted by Gasteiger charge is -2.23. The smallest absolute Gasteiger partial charge is 0.310 e. The van der Waals surface area contributed by atoms with Crippen molar-refractivity contribution in [2.45, 2.75) is 30.9 Å². The lowest BCUT2D eigenvalue weighted by molar-refractivity contribution is -0.143. The van der Waals surface area contributed by atoms with E-state index in [0.29, 0.717) is 38.9 Å². The van der Waals surface area contributed by atoms with Gasteiger partial charge in [-0.05, 0) is 25.7 Å². The Morgan fingerprint density at radius 1 is 1.35 bits per heavy atom. The van der Waals surface area contributed by atoms with Crippen molar-refractivity contribution in [3.8, 4) is 0 Å². The van der Waals surface area contributed by atoms with Gasteiger partial charge in [-0.2, -0.15) is 0 Å². The van der Waals surface area contributed by atoms with Crippen LogP contribution in [0.25, 0.3) is 0 Å². The van der Waals surface area contributed by atoms with Crippen LogP contribution in [-0.4, -0.2) is 44.5 Å². The quantitative estimate of drug-likeness (QED) is 0.725. The Kier molecular flexibility index (Phi) is 3.42. The van der Waals surface area contributed by atoms with Crippen LogP contribution in [0.5, 0.6) is 0 Å². The van der Waals surface area contributed by atoms with E-state index >= 15 is 0 Å². The molecule has 1 saturated carbocycles. The number of carbonyl (C=O) groups is 1. The van der Waals surface area contributed by atoms with E-state index in [1.807, 2.05) is 0 Å². The molecule has 2 rings (SSSR count). The summed E-state index contributed by atoms with van der Waals surface area (Å²) in [7, 11) is -3.40. The van der Waals surface area contributed by atoms with Crippen molar-refractivity contribution < 1.29 is 23.1 Å². The van der Waals surface area contributed by atoms with Crippen molar-refractivity contribution in [3.05, 3.63) is 0 Å². The van der Waals surface area contributed by atoms with Crippen LogP contribution >= 0.6 is 0 Å². The number of carboxylic acid groups (broad SMARTS) is 1. The molecule has 0 aromatic rings. The van der Waals surface area contributed by atoms with Gasteiger partial charge in [0.2, 0.25) is 10.0 Å². The molecule has 2 aliphatic rings. The summed E-state index contributed by atoms with van der Waals surface area (Å²) in [5.74, 6) is -0.910. The fourth-order valence-corrected chi connectivity index (χ4v) is 3.49. The monoisotopic (exact) mass is 263 g/mol. The lowest BCUT2D eigenvalue weighted by atomic mass is 10.1. The van der Waals surface area contributed by atoms with Crippen LogP contribution in [0.3, 0.4) is 0 Å². The first-order valence-corrected chi connectivity index (χ1v) is 7.31. The van der Waals surface area contributed by atoms with Gasteiger partial charge in [0, 0.05) is 19.8 Å². The Bertz CT molecular complexity index is 395. The third kappa shape index (κ3) is 2.78. The SMILES string of the molecule is O=C(O)C1(CNS(=O)(=O)C2CCOCC2)CC1. The highest BCUT2D eigenvalue weighted by molar-refractivity contribution is 7.90. The molecule has 17 heavy (non-hydrogen) atoms. The van der Waals surface area contributed by atoms with E-state index in [2.05, 4.69) is 4.72 Å². The van der Waals surface area contributed by atoms with Gasteiger partial charge in [-0.3, -0.25) is 4.79 Å². The van der Waals surface area contributed by atoms with Crippen LogP contribution in [0, 0.1) is 5.41 Å². The topological polar surface area (TPSA) is 92.7 Å². The van der Waals surface area contributed by atoms with E-state index in [1.54, 1.807) is 0 Å². The number of nitrogens with one attached hydrogen (secondary N) is 1. The van der Waals surface area contributed by atoms with Gasteiger partial charge in [0.1, 0.15) is 0 Å². The van der Waals surface area contributed by atoms with Gasteiger partial charge < -0.3 is 9.84 Å². The normalized spacial score (nSPS) is 24.5. The highest BCUT2D eigenvalue weighted by Crippen LogP contribution is 2.45. The number of sulfonamides is 1. The summed E-state index contributed by atoms with van der Waals surface area (Å²) in [4.78, 5) is 10.9. The van der Waals surface area contributed by atoms with E-state index in [1.165, 1.54) is 0 Å². The predicted octanol–water partition coefficient (Wildman–Crippen LogP) is -0.0504. The summed E-state index contributed by atoms with van der Waals surface area (Å²) in [6.07, 6.45) is 2.07. The molecule has 1 saturated heterocycles. The van der Waals surface area contributed by atoms with Crippen LogP contribution in [-0.2, 0) is 19.6 Å². The summed E-state index contributed by atoms with van der Waals surface area (Å²) < 4.78 is 31.4. The summed E-state index contributed by atoms with van der Waals surface area (Å²) >= 11 is 0. The maximum Gasteiger partial charge on any atom is 0.310 e. The largest absolute Gasteiger partial charge is 0.481 e. The minimum absolute atomic E-state index is 0.0159. The molecule has 0 amide bonds. The fourth-order valence-electron chi connectivity index (χ4n) is 1.96. The zero-order valence-corrected chi connectivity index (χ0v) is 10.3. The molecule has 1 aliphatic carbocycles. The first-order valence-electron chi connectivity index (χ1n) is 5.76. The van der Waals surface area contributed by atoms with Gasteiger partial charge in [-0.1, -0.05) is 0 Å². The minimum Gasteiger partial charge on any atom is -0.481 e. The van der Waals surface area contributed by atoms with Crippen molar-refractivity contribution >= 4 is 16.0 Å². The molecule has 1 aliphatic heterocycles. The molecule has 7 heteroatoms. The highest BCUT2D eigenvalue weighted by Gasteiger charge is 2.50. The molecule has 0 aromatic heterocycles. The maximum absolute atomic E-state index is 11.9. The molecule has 1 heterocycles. The predicted molar refractivity (Wildman–Crippen MR) is 60.1 cm³/mol. The molecule has 0 atom stereocenters. The third-order valence-electron chi connectivity index (χ3n) is 3.53. The van der Waals surface area contributed by atoms with Crippen LogP contribution < -0.4 is 4.72 Å². The Morgan fingerprint density at radius 2 is 1.94 bits per heavy atom. The first-order chi connectivity index (χ1) is 7.96. The second kappa shape index (κ2) is 4.55. The van der Waals surface area contributed by atoms with Gasteiger partial charge in [0.25, 0.3) is 0 Å². The molecule has 2 fully saturated rings. The summed E-state index contributed by atoms with van der Waals surface area (Å²) in [5.41, 5.74) is -0.849. The molecule has 0 bridgehead atoms. The van der Waals surface area contributed by atoms with E-state index in [4.69, 9.17) is 9.84 Å². The van der Waals surface area contributed by atoms with Crippen LogP contribution in [0.2, 0.25) is 0 Å². The third-order valence-corrected chi connectivity index (χ3v) is 5.42. The van der Waals surface area contributed by atoms with Crippen LogP contribution in [0.4, 0.5) is 0 Å². The number of hydrogen-bond donors (Lipinski definition) is 2. The van der Waals surface area contributed by atoms with Crippen molar-refractivity contribution in [1.29, 1.82) is 0 Å². The molecule has 0 aromatic carbocycles. The van der Waals surface area contributed by atoms with Crippen LogP contribution in [0.1, 0.15) is 25.7 Å². The number of ether oxygens (including phenoxy) is 1. The number of carboxylic acids is 1. The van der Waals surface area contributed by atoms with Crippen LogP contribution in [0.15, 0.2) is 0 Å². The van der Waals surface area contributed by atoms with Gasteiger partial charge in [0.05, 0.1) is 10.7 Å². The van der Waals surface area contributed by atoms with Gasteiger partial charge >= 0.3 is 5.97 Å². The molecule has 98 valence electrons. The Labute approximate surface area is 100 Å². The summed E-state index contributed by atoms with van der Waals surface area (Å²) in [5, 5.41) is 8.51. The van der Waals surface area contributed by atoms with Crippen molar-refractivity contribution in [2.75, 3.05) is 19.8 Å². The van der Waals surface area contributed by atoms with E-state index < -0.39 is 26.7 Å². The lowest BCUT2D eigenvalue weighted by Crippen LogP contribution is -2.41. The number of aliphatic carboxylic acids is 1. The first kappa shape index (κ1) is 12.8. The molecule has 6 nitrogen and oxygen atoms in total. The maximum atomic E-state index is 11.9. The number of rotatable bonds is 5. The van der Waals surface area contributed by atoms with E-state index in [0.717, 1.165) is 0 Å². The highest BCUT2D eigenvalue weighted by atomic mass is 32.2. The summed E-state index contributed by atoms with van der Waals surface area (Å²) in [6.45, 7) is 0.924. The molecular formula is C10H17NO5S. The second-order valence-corrected chi connectivity index (χ2v) is 6.81. The second-order valence-electron chi connectivity index (χ2n) is 4.76. The molecular weight excluding hydrogens is 246 g/mol. The van der Waals surface area contributed by atoms with E-state index in [-0.39, 0.29) is 6.54 Å². The molecule has 0 unspecified atom stereocenters. The standard InChI is InChI=1S/C10H17NO5S/c12-9(13)10(3-4-10)7-11-17(14,15)8-1-5-16-6-2-8/h8,11H,1-7H2,(H,12,13). The minimum atomic E-state index is -3.40. The summed E-state index contributed by atoms with van der Waals surface area (Å²) in [6, 6.07) is 0. The average Bonchev–Trinajstić information content (AvgIpc) is 3.09. The molecule has 0 spiro atoms. The van der Waals surface area contributed by atoms with Crippen molar-refractivity contribution in [3.63, 3.8) is 0 Å². The fraction of sp³-hybridized carbons (Fsp3) is 0.900. The molecule has 2 N–H and O–H groups in total. The average molecular weight is 263 g/mol. The number of hydrogen-bond acceptors (Lipinski definition) is 4. The Hall–Kier alpha value is -0.660. The zero-order chi connectivity index (χ0) is 12.5. The van der Waals surface area contributed by atoms with Crippen molar-refractivity contribution in [1.82, 2.24) is 4.72 Å². The van der Waals surface area contributed by atoms with E-state index in [9.17, 15) is 13.2 Å². The Balaban J connectivity index is 1.91. The van der Waals surface area contributed by atoms with Crippen molar-refractivity contribution in [2.24, 2.45) is 5.41 Å². The van der Waals surface area contributed by atoms with Gasteiger partial charge in [-0.25, -0.2) is 13.1 Å². The Morgan fingerprint density at radius 3 is 2.41 bits per heavy atom.